The second-order valence-corrected chi connectivity index (χ2v) is 25.8. The van der Waals surface area contributed by atoms with E-state index in [0.717, 1.165) is 0 Å². The number of unbranched alkanes of at least 4 members (excludes halogenated alkanes) is 4. The van der Waals surface area contributed by atoms with Gasteiger partial charge in [-0.2, -0.15) is 33.7 Å². The van der Waals surface area contributed by atoms with E-state index in [4.69, 9.17) is 10.2 Å². The van der Waals surface area contributed by atoms with Gasteiger partial charge >= 0.3 is 32.2 Å². The van der Waals surface area contributed by atoms with E-state index in [0.29, 0.717) is 108 Å². The molecule has 372 valence electrons. The summed E-state index contributed by atoms with van der Waals surface area (Å²) in [5.41, 5.74) is 1.01. The van der Waals surface area contributed by atoms with Crippen molar-refractivity contribution in [2.24, 2.45) is 0 Å². The maximum Gasteiger partial charge on any atom is 0.304 e. The Morgan fingerprint density at radius 1 is 0.721 bits per heavy atom. The molecule has 0 spiro atoms. The molecule has 0 radical (unpaired) electrons. The molecule has 4 aromatic rings. The molecule has 0 saturated carbocycles. The third-order valence-electron chi connectivity index (χ3n) is 12.3. The molecule has 0 aliphatic carbocycles. The van der Waals surface area contributed by atoms with Gasteiger partial charge in [0.25, 0.3) is 20.2 Å². The number of allylic oxidation sites excluding steroid dienone is 7. The molecule has 0 saturated heterocycles. The van der Waals surface area contributed by atoms with Crippen molar-refractivity contribution in [1.29, 1.82) is 0 Å². The lowest BCUT2D eigenvalue weighted by atomic mass is 9.71. The maximum absolute atomic E-state index is 12.9. The summed E-state index contributed by atoms with van der Waals surface area (Å²) in [5.74, 6) is -2.22. The van der Waals surface area contributed by atoms with Gasteiger partial charge in [-0.05, 0) is 96.0 Å². The van der Waals surface area contributed by atoms with Gasteiger partial charge in [-0.3, -0.25) is 27.8 Å². The molecule has 2 aromatic heterocycles. The first-order valence-electron chi connectivity index (χ1n) is 21.4. The summed E-state index contributed by atoms with van der Waals surface area (Å²) in [6, 6.07) is 4.94. The highest BCUT2D eigenvalue weighted by Gasteiger charge is 2.43. The summed E-state index contributed by atoms with van der Waals surface area (Å²) < 4.78 is 140. The molecule has 0 fully saturated rings. The number of carboxylic acid groups (broad SMARTS) is 2. The molecule has 1 aliphatic rings. The first-order chi connectivity index (χ1) is 31.3. The van der Waals surface area contributed by atoms with Crippen LogP contribution >= 0.6 is 22.7 Å². The number of carbonyl (C=O) groups is 2. The number of hydrogen-bond acceptors (Lipinski definition) is 13. The zero-order valence-corrected chi connectivity index (χ0v) is 42.8. The van der Waals surface area contributed by atoms with Crippen LogP contribution in [0.4, 0.5) is 5.69 Å². The Labute approximate surface area is 404 Å². The van der Waals surface area contributed by atoms with Crippen molar-refractivity contribution < 1.29 is 71.7 Å². The lowest BCUT2D eigenvalue weighted by molar-refractivity contribution is -0.138. The SMILES string of the molecule is C=C(/C=C/C=C/C=C1/N(CCCCCC(=O)O)c2cc(S(=O)(=O)O)c3sc(S(=O)(=O)O)cc3c2C1(C)C)C(C)(C)c1c(C(CC)CCCCCC(=O)O)cc(S(=O)(=O)O)c2sc(S(=O)(=O)O)cc12. The van der Waals surface area contributed by atoms with Crippen LogP contribution in [0.25, 0.3) is 20.2 Å². The number of benzene rings is 2. The topological polar surface area (TPSA) is 295 Å². The average Bonchev–Trinajstić information content (AvgIpc) is 3.91. The number of carboxylic acids is 2. The Hall–Kier alpha value is -4.30. The molecule has 0 amide bonds. The smallest absolute Gasteiger partial charge is 0.304 e. The quantitative estimate of drug-likeness (QED) is 0.0229. The minimum Gasteiger partial charge on any atom is -0.481 e. The van der Waals surface area contributed by atoms with Crippen molar-refractivity contribution >= 4 is 101 Å². The fourth-order valence-corrected chi connectivity index (χ4v) is 14.5. The van der Waals surface area contributed by atoms with Gasteiger partial charge in [0.1, 0.15) is 18.2 Å². The predicted molar refractivity (Wildman–Crippen MR) is 262 cm³/mol. The van der Waals surface area contributed by atoms with Gasteiger partial charge in [-0.25, -0.2) is 0 Å². The molecule has 23 heteroatoms. The van der Waals surface area contributed by atoms with Gasteiger partial charge in [0.2, 0.25) is 0 Å². The van der Waals surface area contributed by atoms with E-state index in [9.17, 15) is 61.5 Å². The van der Waals surface area contributed by atoms with Crippen LogP contribution < -0.4 is 4.90 Å². The Bertz CT molecular complexity index is 3210. The zero-order valence-electron chi connectivity index (χ0n) is 37.9. The van der Waals surface area contributed by atoms with Crippen LogP contribution in [0, 0.1) is 0 Å². The normalized spacial score (nSPS) is 15.9. The first-order valence-corrected chi connectivity index (χ1v) is 28.8. The molecule has 17 nitrogen and oxygen atoms in total. The minimum atomic E-state index is -4.92. The van der Waals surface area contributed by atoms with Gasteiger partial charge in [-0.1, -0.05) is 84.8 Å². The fraction of sp³-hybridized carbons (Fsp3) is 0.422. The first kappa shape index (κ1) is 54.6. The molecule has 5 rings (SSSR count). The monoisotopic (exact) mass is 1060 g/mol. The van der Waals surface area contributed by atoms with Crippen molar-refractivity contribution in [3.05, 3.63) is 89.2 Å². The molecule has 1 unspecified atom stereocenters. The lowest BCUT2D eigenvalue weighted by Gasteiger charge is -2.33. The van der Waals surface area contributed by atoms with Crippen LogP contribution in [0.5, 0.6) is 0 Å². The fourth-order valence-electron chi connectivity index (χ4n) is 8.87. The number of thiophene rings is 2. The maximum atomic E-state index is 12.9. The Balaban J connectivity index is 1.60. The van der Waals surface area contributed by atoms with Crippen LogP contribution in [-0.4, -0.2) is 80.6 Å². The molecule has 1 atom stereocenters. The van der Waals surface area contributed by atoms with E-state index >= 15 is 0 Å². The van der Waals surface area contributed by atoms with E-state index < -0.39 is 81.5 Å². The van der Waals surface area contributed by atoms with Crippen LogP contribution in [0.15, 0.2) is 90.7 Å². The number of rotatable bonds is 23. The second kappa shape index (κ2) is 20.6. The van der Waals surface area contributed by atoms with Crippen LogP contribution in [-0.2, 0) is 60.9 Å². The third kappa shape index (κ3) is 12.0. The van der Waals surface area contributed by atoms with Crippen LogP contribution in [0.2, 0.25) is 0 Å². The molecule has 6 N–H and O–H groups in total. The third-order valence-corrected chi connectivity index (χ3v) is 19.2. The highest BCUT2D eigenvalue weighted by Crippen LogP contribution is 2.54. The predicted octanol–water partition coefficient (Wildman–Crippen LogP) is 9.90. The Morgan fingerprint density at radius 2 is 1.24 bits per heavy atom. The summed E-state index contributed by atoms with van der Waals surface area (Å²) in [5, 5.41) is 18.6. The summed E-state index contributed by atoms with van der Waals surface area (Å²) in [6.45, 7) is 13.8. The van der Waals surface area contributed by atoms with Crippen LogP contribution in [0.3, 0.4) is 0 Å². The summed E-state index contributed by atoms with van der Waals surface area (Å²) in [7, 11) is -19.4. The Morgan fingerprint density at radius 3 is 1.75 bits per heavy atom. The standard InChI is InChI=1S/C45H55NO16S6/c1-7-28(18-12-9-14-20-36(47)48)29-23-33(65(51,52)53)42-30(24-38(63-42)67(57,58)59)40(29)44(3,4)27(2)17-11-8-13-19-35-45(5,6)41-31-25-39(68(60,61)62)64-43(31)34(66(54,55)56)26-32(41)46(35)22-16-10-15-21-37(49)50/h8,11,13,17,19,23-26,28H,2,7,9-10,12,14-16,18,20-22H2,1,3-6H3,(H,47,48)(H,49,50)(H,51,52,53)(H,54,55,56)(H,57,58,59)(H,60,61,62)/b13-8+,17-11+,35-19+. The second-order valence-electron chi connectivity index (χ2n) is 17.6. The minimum absolute atomic E-state index is 0.0181. The molecule has 1 aliphatic heterocycles. The summed E-state index contributed by atoms with van der Waals surface area (Å²) >= 11 is 0.995. The molecule has 2 aromatic carbocycles. The molecular weight excluding hydrogens is 1000 g/mol. The van der Waals surface area contributed by atoms with Gasteiger partial charge in [-0.15, -0.1) is 22.7 Å². The van der Waals surface area contributed by atoms with Crippen molar-refractivity contribution in [3.8, 4) is 0 Å². The van der Waals surface area contributed by atoms with E-state index in [2.05, 4.69) is 6.58 Å². The summed E-state index contributed by atoms with van der Waals surface area (Å²) in [4.78, 5) is 23.1. The number of anilines is 1. The number of fused-ring (bicyclic) bond motifs is 4. The van der Waals surface area contributed by atoms with Crippen LogP contribution in [0.1, 0.15) is 121 Å². The number of nitrogens with zero attached hydrogens (tertiary/aromatic N) is 1. The van der Waals surface area contributed by atoms with E-state index in [1.54, 1.807) is 30.4 Å². The van der Waals surface area contributed by atoms with Crippen molar-refractivity contribution in [2.45, 2.75) is 134 Å². The van der Waals surface area contributed by atoms with Gasteiger partial charge in [0.15, 0.2) is 0 Å². The number of hydrogen-bond donors (Lipinski definition) is 6. The number of aliphatic carboxylic acids is 2. The van der Waals surface area contributed by atoms with Gasteiger partial charge < -0.3 is 15.1 Å². The largest absolute Gasteiger partial charge is 0.481 e. The van der Waals surface area contributed by atoms with Crippen molar-refractivity contribution in [1.82, 2.24) is 0 Å². The van der Waals surface area contributed by atoms with Gasteiger partial charge in [0, 0.05) is 47.0 Å². The lowest BCUT2D eigenvalue weighted by Crippen LogP contribution is -2.27. The van der Waals surface area contributed by atoms with Gasteiger partial charge in [0.05, 0.1) is 9.40 Å². The van der Waals surface area contributed by atoms with Crippen molar-refractivity contribution in [3.63, 3.8) is 0 Å². The summed E-state index contributed by atoms with van der Waals surface area (Å²) in [6.07, 6.45) is 12.4. The molecule has 68 heavy (non-hydrogen) atoms. The molecular formula is C45H55NO16S6. The molecule has 3 heterocycles. The molecule has 0 bridgehead atoms. The van der Waals surface area contributed by atoms with Crippen molar-refractivity contribution in [2.75, 3.05) is 11.4 Å². The Kier molecular flexibility index (Phi) is 16.5. The highest BCUT2D eigenvalue weighted by atomic mass is 32.3. The highest BCUT2D eigenvalue weighted by molar-refractivity contribution is 7.89. The zero-order chi connectivity index (χ0) is 50.9. The average molecular weight is 1060 g/mol. The van der Waals surface area contributed by atoms with E-state index in [-0.39, 0.29) is 45.5 Å². The van der Waals surface area contributed by atoms with E-state index in [1.807, 2.05) is 39.5 Å². The van der Waals surface area contributed by atoms with E-state index in [1.165, 1.54) is 24.3 Å².